The van der Waals surface area contributed by atoms with Gasteiger partial charge in [0.1, 0.15) is 5.82 Å². The standard InChI is InChI=1S/C12H12F2N2O3S/c13-9-5-11(16(18)19)10(14)4-8(9)12(17)15-7-2-1-3-20-6-7/h4-5,7H,1-3,6H2,(H,15,17). The van der Waals surface area contributed by atoms with Gasteiger partial charge in [0.05, 0.1) is 16.6 Å². The maximum Gasteiger partial charge on any atom is 0.307 e. The molecule has 0 saturated carbocycles. The summed E-state index contributed by atoms with van der Waals surface area (Å²) in [6, 6.07) is 0.914. The number of nitro benzene ring substituents is 1. The third kappa shape index (κ3) is 3.24. The summed E-state index contributed by atoms with van der Waals surface area (Å²) < 4.78 is 27.1. The van der Waals surface area contributed by atoms with E-state index in [-0.39, 0.29) is 6.04 Å². The number of hydrogen-bond donors (Lipinski definition) is 1. The van der Waals surface area contributed by atoms with Crippen molar-refractivity contribution in [3.63, 3.8) is 0 Å². The number of nitro groups is 1. The number of benzene rings is 1. The van der Waals surface area contributed by atoms with E-state index >= 15 is 0 Å². The first-order valence-electron chi connectivity index (χ1n) is 6.01. The van der Waals surface area contributed by atoms with Gasteiger partial charge in [-0.3, -0.25) is 14.9 Å². The molecule has 0 aromatic heterocycles. The fourth-order valence-corrected chi connectivity index (χ4v) is 3.04. The van der Waals surface area contributed by atoms with Gasteiger partial charge in [0.15, 0.2) is 0 Å². The molecule has 108 valence electrons. The van der Waals surface area contributed by atoms with Crippen LogP contribution >= 0.6 is 11.8 Å². The van der Waals surface area contributed by atoms with Gasteiger partial charge in [-0.15, -0.1) is 0 Å². The molecule has 1 unspecified atom stereocenters. The average Bonchev–Trinajstić information content (AvgIpc) is 2.41. The molecule has 0 aliphatic carbocycles. The summed E-state index contributed by atoms with van der Waals surface area (Å²) in [5.74, 6) is -1.32. The van der Waals surface area contributed by atoms with E-state index in [4.69, 9.17) is 0 Å². The largest absolute Gasteiger partial charge is 0.348 e. The molecule has 1 heterocycles. The normalized spacial score (nSPS) is 18.6. The lowest BCUT2D eigenvalue weighted by Gasteiger charge is -2.22. The van der Waals surface area contributed by atoms with Gasteiger partial charge in [-0.1, -0.05) is 0 Å². The van der Waals surface area contributed by atoms with E-state index in [0.29, 0.717) is 12.1 Å². The second-order valence-corrected chi connectivity index (χ2v) is 5.58. The lowest BCUT2D eigenvalue weighted by molar-refractivity contribution is -0.387. The lowest BCUT2D eigenvalue weighted by atomic mass is 10.1. The summed E-state index contributed by atoms with van der Waals surface area (Å²) >= 11 is 1.68. The molecule has 1 aliphatic heterocycles. The van der Waals surface area contributed by atoms with Gasteiger partial charge in [-0.05, 0) is 24.7 Å². The van der Waals surface area contributed by atoms with Crippen LogP contribution in [0.25, 0.3) is 0 Å². The molecule has 20 heavy (non-hydrogen) atoms. The smallest absolute Gasteiger partial charge is 0.307 e. The zero-order valence-corrected chi connectivity index (χ0v) is 11.2. The molecule has 1 aliphatic rings. The maximum atomic E-state index is 13.7. The summed E-state index contributed by atoms with van der Waals surface area (Å²) in [5.41, 5.74) is -1.49. The van der Waals surface area contributed by atoms with Crippen LogP contribution in [-0.4, -0.2) is 28.4 Å². The zero-order chi connectivity index (χ0) is 14.7. The number of thioether (sulfide) groups is 1. The van der Waals surface area contributed by atoms with Crippen molar-refractivity contribution in [1.29, 1.82) is 0 Å². The zero-order valence-electron chi connectivity index (χ0n) is 10.4. The van der Waals surface area contributed by atoms with E-state index in [1.807, 2.05) is 0 Å². The second-order valence-electron chi connectivity index (χ2n) is 4.43. The van der Waals surface area contributed by atoms with E-state index in [1.165, 1.54) is 0 Å². The second kappa shape index (κ2) is 6.17. The van der Waals surface area contributed by atoms with Crippen molar-refractivity contribution in [3.8, 4) is 0 Å². The van der Waals surface area contributed by atoms with E-state index in [9.17, 15) is 23.7 Å². The fourth-order valence-electron chi connectivity index (χ4n) is 1.97. The molecule has 0 radical (unpaired) electrons. The Bertz CT molecular complexity index is 548. The summed E-state index contributed by atoms with van der Waals surface area (Å²) in [4.78, 5) is 21.3. The van der Waals surface area contributed by atoms with Crippen LogP contribution < -0.4 is 5.32 Å². The van der Waals surface area contributed by atoms with Gasteiger partial charge < -0.3 is 5.32 Å². The van der Waals surface area contributed by atoms with Gasteiger partial charge in [0, 0.05) is 11.8 Å². The molecule has 0 bridgehead atoms. The summed E-state index contributed by atoms with van der Waals surface area (Å²) in [7, 11) is 0. The van der Waals surface area contributed by atoms with Crippen LogP contribution in [0.15, 0.2) is 12.1 Å². The van der Waals surface area contributed by atoms with E-state index in [1.54, 1.807) is 11.8 Å². The Hall–Kier alpha value is -1.70. The van der Waals surface area contributed by atoms with Gasteiger partial charge in [0.25, 0.3) is 5.91 Å². The molecule has 1 amide bonds. The van der Waals surface area contributed by atoms with Gasteiger partial charge in [-0.25, -0.2) is 4.39 Å². The van der Waals surface area contributed by atoms with Crippen molar-refractivity contribution in [2.75, 3.05) is 11.5 Å². The molecule has 1 aromatic rings. The molecule has 0 spiro atoms. The van der Waals surface area contributed by atoms with Crippen molar-refractivity contribution in [1.82, 2.24) is 5.32 Å². The Labute approximate surface area is 117 Å². The lowest BCUT2D eigenvalue weighted by Crippen LogP contribution is -2.38. The molecule has 1 aromatic carbocycles. The number of nitrogens with one attached hydrogen (secondary N) is 1. The predicted octanol–water partition coefficient (Wildman–Crippen LogP) is 2.50. The van der Waals surface area contributed by atoms with Crippen molar-refractivity contribution in [3.05, 3.63) is 39.4 Å². The van der Waals surface area contributed by atoms with Crippen LogP contribution in [0.4, 0.5) is 14.5 Å². The van der Waals surface area contributed by atoms with Gasteiger partial charge in [0.2, 0.25) is 5.82 Å². The average molecular weight is 302 g/mol. The number of carbonyl (C=O) groups excluding carboxylic acids is 1. The van der Waals surface area contributed by atoms with Gasteiger partial charge in [-0.2, -0.15) is 16.2 Å². The number of amides is 1. The fraction of sp³-hybridized carbons (Fsp3) is 0.417. The van der Waals surface area contributed by atoms with Crippen LogP contribution in [0.1, 0.15) is 23.2 Å². The van der Waals surface area contributed by atoms with Gasteiger partial charge >= 0.3 is 5.69 Å². The predicted molar refractivity (Wildman–Crippen MR) is 70.8 cm³/mol. The molecule has 2 rings (SSSR count). The SMILES string of the molecule is O=C(NC1CCCSC1)c1cc(F)c([N+](=O)[O-])cc1F. The summed E-state index contributed by atoms with van der Waals surface area (Å²) in [6.45, 7) is 0. The highest BCUT2D eigenvalue weighted by molar-refractivity contribution is 7.99. The number of carbonyl (C=O) groups is 1. The Morgan fingerprint density at radius 2 is 2.15 bits per heavy atom. The van der Waals surface area contributed by atoms with E-state index in [2.05, 4.69) is 5.32 Å². The van der Waals surface area contributed by atoms with Crippen molar-refractivity contribution >= 4 is 23.4 Å². The van der Waals surface area contributed by atoms with Crippen molar-refractivity contribution in [2.24, 2.45) is 0 Å². The van der Waals surface area contributed by atoms with E-state index < -0.39 is 33.7 Å². The molecule has 1 saturated heterocycles. The number of nitrogens with zero attached hydrogens (tertiary/aromatic N) is 1. The van der Waals surface area contributed by atoms with E-state index in [0.717, 1.165) is 24.3 Å². The number of rotatable bonds is 3. The van der Waals surface area contributed by atoms with Crippen LogP contribution in [0.3, 0.4) is 0 Å². The molecule has 1 atom stereocenters. The third-order valence-electron chi connectivity index (χ3n) is 2.97. The van der Waals surface area contributed by atoms with Crippen molar-refractivity contribution < 1.29 is 18.5 Å². The van der Waals surface area contributed by atoms with Crippen molar-refractivity contribution in [2.45, 2.75) is 18.9 Å². The Balaban J connectivity index is 2.17. The quantitative estimate of drug-likeness (QED) is 0.688. The topological polar surface area (TPSA) is 72.2 Å². The molecule has 8 heteroatoms. The molecule has 1 fully saturated rings. The number of hydrogen-bond acceptors (Lipinski definition) is 4. The minimum Gasteiger partial charge on any atom is -0.348 e. The first-order valence-corrected chi connectivity index (χ1v) is 7.16. The Morgan fingerprint density at radius 3 is 2.75 bits per heavy atom. The third-order valence-corrected chi connectivity index (χ3v) is 4.19. The molecule has 5 nitrogen and oxygen atoms in total. The summed E-state index contributed by atoms with van der Waals surface area (Å²) in [5, 5.41) is 13.1. The first kappa shape index (κ1) is 14.7. The highest BCUT2D eigenvalue weighted by Crippen LogP contribution is 2.22. The Morgan fingerprint density at radius 1 is 1.40 bits per heavy atom. The Kier molecular flexibility index (Phi) is 4.53. The molecular formula is C12H12F2N2O3S. The maximum absolute atomic E-state index is 13.7. The summed E-state index contributed by atoms with van der Waals surface area (Å²) in [6.07, 6.45) is 1.74. The highest BCUT2D eigenvalue weighted by atomic mass is 32.2. The minimum atomic E-state index is -1.22. The number of halogens is 2. The first-order chi connectivity index (χ1) is 9.49. The van der Waals surface area contributed by atoms with Crippen LogP contribution in [0.5, 0.6) is 0 Å². The minimum absolute atomic E-state index is 0.0843. The highest BCUT2D eigenvalue weighted by Gasteiger charge is 2.24. The monoisotopic (exact) mass is 302 g/mol. The molecular weight excluding hydrogens is 290 g/mol. The molecule has 1 N–H and O–H groups in total. The van der Waals surface area contributed by atoms with Crippen LogP contribution in [0, 0.1) is 21.7 Å². The van der Waals surface area contributed by atoms with Crippen LogP contribution in [0.2, 0.25) is 0 Å². The van der Waals surface area contributed by atoms with Crippen LogP contribution in [-0.2, 0) is 0 Å².